The van der Waals surface area contributed by atoms with Crippen molar-refractivity contribution in [3.63, 3.8) is 0 Å². The zero-order chi connectivity index (χ0) is 13.2. The summed E-state index contributed by atoms with van der Waals surface area (Å²) >= 11 is 0. The van der Waals surface area contributed by atoms with Gasteiger partial charge in [-0.1, -0.05) is 6.07 Å². The number of hydrogen-bond donors (Lipinski definition) is 2. The first kappa shape index (κ1) is 12.0. The number of amides is 1. The monoisotopic (exact) mass is 256 g/mol. The summed E-state index contributed by atoms with van der Waals surface area (Å²) in [6.45, 7) is 0. The van der Waals surface area contributed by atoms with Crippen LogP contribution < -0.4 is 5.32 Å². The highest BCUT2D eigenvalue weighted by atomic mass is 16.2. The summed E-state index contributed by atoms with van der Waals surface area (Å²) in [5.41, 5.74) is 1.84. The van der Waals surface area contributed by atoms with Crippen LogP contribution in [0.1, 0.15) is 25.7 Å². The van der Waals surface area contributed by atoms with Gasteiger partial charge in [0.1, 0.15) is 5.78 Å². The van der Waals surface area contributed by atoms with Gasteiger partial charge in [0.25, 0.3) is 0 Å². The molecule has 1 aliphatic carbocycles. The number of nitrogens with one attached hydrogen (secondary N) is 2. The second-order valence-corrected chi connectivity index (χ2v) is 5.05. The van der Waals surface area contributed by atoms with Crippen LogP contribution in [0.15, 0.2) is 30.5 Å². The molecule has 3 rings (SSSR count). The van der Waals surface area contributed by atoms with E-state index in [1.54, 1.807) is 0 Å². The molecule has 1 heterocycles. The topological polar surface area (TPSA) is 62.0 Å². The van der Waals surface area contributed by atoms with Gasteiger partial charge < -0.3 is 10.3 Å². The molecule has 1 aromatic carbocycles. The minimum atomic E-state index is -0.0353. The number of benzene rings is 1. The Bertz CT molecular complexity index is 620. The quantitative estimate of drug-likeness (QED) is 0.867. The molecule has 4 heteroatoms. The van der Waals surface area contributed by atoms with Crippen LogP contribution in [-0.4, -0.2) is 16.7 Å². The normalized spacial score (nSPS) is 16.7. The van der Waals surface area contributed by atoms with Crippen LogP contribution in [-0.2, 0) is 9.59 Å². The molecule has 2 N–H and O–H groups in total. The molecule has 0 unspecified atom stereocenters. The predicted molar refractivity (Wildman–Crippen MR) is 73.9 cm³/mol. The van der Waals surface area contributed by atoms with Crippen molar-refractivity contribution >= 4 is 28.3 Å². The second-order valence-electron chi connectivity index (χ2n) is 5.05. The third-order valence-electron chi connectivity index (χ3n) is 3.77. The molecular weight excluding hydrogens is 240 g/mol. The number of ketones is 1. The number of Topliss-reactive ketones (excluding diaryl/α,β-unsaturated/α-hetero) is 1. The van der Waals surface area contributed by atoms with Crippen LogP contribution in [0.3, 0.4) is 0 Å². The van der Waals surface area contributed by atoms with Crippen molar-refractivity contribution in [1.29, 1.82) is 0 Å². The molecule has 2 aromatic rings. The van der Waals surface area contributed by atoms with Gasteiger partial charge in [-0.25, -0.2) is 0 Å². The van der Waals surface area contributed by atoms with E-state index in [-0.39, 0.29) is 17.6 Å². The van der Waals surface area contributed by atoms with Crippen molar-refractivity contribution in [3.05, 3.63) is 30.5 Å². The van der Waals surface area contributed by atoms with Crippen molar-refractivity contribution in [2.24, 2.45) is 5.92 Å². The summed E-state index contributed by atoms with van der Waals surface area (Å²) in [6.07, 6.45) is 4.28. The lowest BCUT2D eigenvalue weighted by Gasteiger charge is -2.20. The molecule has 0 spiro atoms. The molecule has 1 amide bonds. The van der Waals surface area contributed by atoms with E-state index < -0.39 is 0 Å². The van der Waals surface area contributed by atoms with Crippen LogP contribution in [0.2, 0.25) is 0 Å². The number of H-pyrrole nitrogens is 1. The Morgan fingerprint density at radius 1 is 1.21 bits per heavy atom. The Balaban J connectivity index is 1.76. The highest BCUT2D eigenvalue weighted by molar-refractivity contribution is 6.02. The predicted octanol–water partition coefficient (Wildman–Crippen LogP) is 2.87. The zero-order valence-corrected chi connectivity index (χ0v) is 10.6. The van der Waals surface area contributed by atoms with Gasteiger partial charge in [-0.15, -0.1) is 0 Å². The van der Waals surface area contributed by atoms with Crippen molar-refractivity contribution in [2.75, 3.05) is 5.32 Å². The van der Waals surface area contributed by atoms with Gasteiger partial charge in [0.15, 0.2) is 0 Å². The summed E-state index contributed by atoms with van der Waals surface area (Å²) in [5, 5.41) is 4.00. The minimum Gasteiger partial charge on any atom is -0.361 e. The SMILES string of the molecule is O=C1CCC(C(=O)Nc2cccc3[nH]ccc23)CC1. The first-order valence-electron chi connectivity index (χ1n) is 6.63. The third-order valence-corrected chi connectivity index (χ3v) is 3.77. The van der Waals surface area contributed by atoms with Crippen LogP contribution >= 0.6 is 0 Å². The van der Waals surface area contributed by atoms with E-state index in [1.165, 1.54) is 0 Å². The number of anilines is 1. The Labute approximate surface area is 111 Å². The average Bonchev–Trinajstić information content (AvgIpc) is 2.89. The first-order valence-corrected chi connectivity index (χ1v) is 6.63. The molecule has 0 saturated heterocycles. The Morgan fingerprint density at radius 2 is 2.00 bits per heavy atom. The van der Waals surface area contributed by atoms with Crippen LogP contribution in [0.4, 0.5) is 5.69 Å². The summed E-state index contributed by atoms with van der Waals surface area (Å²) < 4.78 is 0. The smallest absolute Gasteiger partial charge is 0.227 e. The summed E-state index contributed by atoms with van der Waals surface area (Å²) in [4.78, 5) is 26.5. The molecule has 1 fully saturated rings. The Kier molecular flexibility index (Phi) is 3.07. The van der Waals surface area contributed by atoms with Gasteiger partial charge in [0.05, 0.1) is 5.69 Å². The molecule has 1 aromatic heterocycles. The molecule has 98 valence electrons. The molecule has 1 saturated carbocycles. The minimum absolute atomic E-state index is 0.0289. The van der Waals surface area contributed by atoms with Gasteiger partial charge in [0.2, 0.25) is 5.91 Å². The summed E-state index contributed by atoms with van der Waals surface area (Å²) in [7, 11) is 0. The molecule has 19 heavy (non-hydrogen) atoms. The Morgan fingerprint density at radius 3 is 2.79 bits per heavy atom. The molecule has 1 aliphatic rings. The fraction of sp³-hybridized carbons (Fsp3) is 0.333. The van der Waals surface area contributed by atoms with Crippen LogP contribution in [0, 0.1) is 5.92 Å². The maximum atomic E-state index is 12.2. The van der Waals surface area contributed by atoms with E-state index in [4.69, 9.17) is 0 Å². The van der Waals surface area contributed by atoms with Crippen molar-refractivity contribution in [2.45, 2.75) is 25.7 Å². The lowest BCUT2D eigenvalue weighted by atomic mass is 9.88. The standard InChI is InChI=1S/C15H16N2O2/c18-11-6-4-10(5-7-11)15(19)17-14-3-1-2-13-12(14)8-9-16-13/h1-3,8-10,16H,4-7H2,(H,17,19). The van der Waals surface area contributed by atoms with E-state index in [2.05, 4.69) is 10.3 Å². The lowest BCUT2D eigenvalue weighted by Crippen LogP contribution is -2.27. The van der Waals surface area contributed by atoms with Gasteiger partial charge in [-0.3, -0.25) is 9.59 Å². The highest BCUT2D eigenvalue weighted by Crippen LogP contribution is 2.26. The van der Waals surface area contributed by atoms with Gasteiger partial charge in [0, 0.05) is 35.9 Å². The number of aromatic amines is 1. The molecule has 0 atom stereocenters. The van der Waals surface area contributed by atoms with Crippen LogP contribution in [0.25, 0.3) is 10.9 Å². The lowest BCUT2D eigenvalue weighted by molar-refractivity contribution is -0.125. The fourth-order valence-corrected chi connectivity index (χ4v) is 2.63. The number of fused-ring (bicyclic) bond motifs is 1. The molecule has 0 aliphatic heterocycles. The van der Waals surface area contributed by atoms with Crippen LogP contribution in [0.5, 0.6) is 0 Å². The van der Waals surface area contributed by atoms with Crippen molar-refractivity contribution < 1.29 is 9.59 Å². The van der Waals surface area contributed by atoms with Gasteiger partial charge >= 0.3 is 0 Å². The molecule has 4 nitrogen and oxygen atoms in total. The number of carbonyl (C=O) groups is 2. The highest BCUT2D eigenvalue weighted by Gasteiger charge is 2.25. The Hall–Kier alpha value is -2.10. The number of aromatic nitrogens is 1. The summed E-state index contributed by atoms with van der Waals surface area (Å²) in [6, 6.07) is 7.75. The average molecular weight is 256 g/mol. The summed E-state index contributed by atoms with van der Waals surface area (Å²) in [5.74, 6) is 0.268. The fourth-order valence-electron chi connectivity index (χ4n) is 2.63. The first-order chi connectivity index (χ1) is 9.24. The maximum Gasteiger partial charge on any atom is 0.227 e. The number of carbonyl (C=O) groups excluding carboxylic acids is 2. The molecule has 0 radical (unpaired) electrons. The maximum absolute atomic E-state index is 12.2. The van der Waals surface area contributed by atoms with E-state index in [0.29, 0.717) is 25.7 Å². The van der Waals surface area contributed by atoms with E-state index in [0.717, 1.165) is 16.6 Å². The van der Waals surface area contributed by atoms with Gasteiger partial charge in [-0.05, 0) is 31.0 Å². The molecular formula is C15H16N2O2. The van der Waals surface area contributed by atoms with Gasteiger partial charge in [-0.2, -0.15) is 0 Å². The zero-order valence-electron chi connectivity index (χ0n) is 10.6. The van der Waals surface area contributed by atoms with Crippen molar-refractivity contribution in [3.8, 4) is 0 Å². The third kappa shape index (κ3) is 2.38. The molecule has 0 bridgehead atoms. The second kappa shape index (κ2) is 4.88. The van der Waals surface area contributed by atoms with E-state index >= 15 is 0 Å². The number of rotatable bonds is 2. The largest absolute Gasteiger partial charge is 0.361 e. The van der Waals surface area contributed by atoms with E-state index in [9.17, 15) is 9.59 Å². The van der Waals surface area contributed by atoms with Crippen molar-refractivity contribution in [1.82, 2.24) is 4.98 Å². The van der Waals surface area contributed by atoms with E-state index in [1.807, 2.05) is 30.5 Å². The number of hydrogen-bond acceptors (Lipinski definition) is 2.